The Balaban J connectivity index is 1.69. The summed E-state index contributed by atoms with van der Waals surface area (Å²) in [7, 11) is 0. The quantitative estimate of drug-likeness (QED) is 0.843. The van der Waals surface area contributed by atoms with Crippen LogP contribution in [-0.4, -0.2) is 49.9 Å². The Labute approximate surface area is 132 Å². The molecule has 0 unspecified atom stereocenters. The lowest BCUT2D eigenvalue weighted by Gasteiger charge is -2.35. The molecule has 0 N–H and O–H groups in total. The van der Waals surface area contributed by atoms with Crippen molar-refractivity contribution < 1.29 is 14.1 Å². The third-order valence-corrected chi connectivity index (χ3v) is 3.53. The Hall–Kier alpha value is -1.93. The maximum Gasteiger partial charge on any atom is 0.257 e. The zero-order valence-electron chi connectivity index (χ0n) is 12.3. The number of amides is 1. The number of carbonyl (C=O) groups is 1. The molecule has 0 aliphatic carbocycles. The molecule has 118 valence electrons. The van der Waals surface area contributed by atoms with E-state index in [1.807, 2.05) is 6.92 Å². The number of carbonyl (C=O) groups excluding carboxylic acids is 1. The lowest BCUT2D eigenvalue weighted by atomic mass is 10.2. The van der Waals surface area contributed by atoms with Crippen molar-refractivity contribution in [3.8, 4) is 0 Å². The Bertz CT molecular complexity index is 670. The van der Waals surface area contributed by atoms with E-state index in [4.69, 9.17) is 20.9 Å². The van der Waals surface area contributed by atoms with E-state index in [0.29, 0.717) is 29.8 Å². The van der Waals surface area contributed by atoms with Crippen molar-refractivity contribution in [2.45, 2.75) is 32.6 Å². The summed E-state index contributed by atoms with van der Waals surface area (Å²) < 4.78 is 12.4. The molecule has 0 aromatic carbocycles. The van der Waals surface area contributed by atoms with Crippen molar-refractivity contribution >= 4 is 17.5 Å². The van der Waals surface area contributed by atoms with Gasteiger partial charge < -0.3 is 14.2 Å². The first kappa shape index (κ1) is 15.0. The smallest absolute Gasteiger partial charge is 0.257 e. The van der Waals surface area contributed by atoms with Gasteiger partial charge in [-0.25, -0.2) is 0 Å². The monoisotopic (exact) mass is 325 g/mol. The zero-order valence-corrected chi connectivity index (χ0v) is 13.0. The second-order valence-electron chi connectivity index (χ2n) is 5.27. The van der Waals surface area contributed by atoms with E-state index in [1.54, 1.807) is 18.0 Å². The van der Waals surface area contributed by atoms with Gasteiger partial charge in [0.1, 0.15) is 6.54 Å². The number of halogens is 1. The predicted octanol–water partition coefficient (Wildman–Crippen LogP) is 1.22. The van der Waals surface area contributed by atoms with Crippen LogP contribution in [0.4, 0.5) is 0 Å². The van der Waals surface area contributed by atoms with Crippen LogP contribution in [0.5, 0.6) is 0 Å². The summed E-state index contributed by atoms with van der Waals surface area (Å²) in [6, 6.07) is 0. The second kappa shape index (κ2) is 6.05. The molecule has 0 bridgehead atoms. The fraction of sp³-hybridized carbons (Fsp3) is 0.538. The molecule has 1 aliphatic heterocycles. The van der Waals surface area contributed by atoms with Crippen molar-refractivity contribution in [2.75, 3.05) is 13.1 Å². The van der Waals surface area contributed by atoms with E-state index >= 15 is 0 Å². The molecular weight excluding hydrogens is 310 g/mol. The number of ether oxygens (including phenoxy) is 1. The average Bonchev–Trinajstić information content (AvgIpc) is 3.07. The van der Waals surface area contributed by atoms with Crippen molar-refractivity contribution in [3.63, 3.8) is 0 Å². The molecule has 22 heavy (non-hydrogen) atoms. The van der Waals surface area contributed by atoms with E-state index in [9.17, 15) is 4.79 Å². The molecule has 9 heteroatoms. The van der Waals surface area contributed by atoms with Crippen molar-refractivity contribution in [1.29, 1.82) is 0 Å². The topological polar surface area (TPSA) is 86.3 Å². The Morgan fingerprint density at radius 2 is 2.32 bits per heavy atom. The van der Waals surface area contributed by atoms with E-state index in [0.717, 1.165) is 0 Å². The van der Waals surface area contributed by atoms with Gasteiger partial charge in [-0.3, -0.25) is 9.48 Å². The van der Waals surface area contributed by atoms with Gasteiger partial charge in [0.25, 0.3) is 5.89 Å². The van der Waals surface area contributed by atoms with Gasteiger partial charge in [0, 0.05) is 12.7 Å². The van der Waals surface area contributed by atoms with Crippen molar-refractivity contribution in [3.05, 3.63) is 29.1 Å². The van der Waals surface area contributed by atoms with Crippen LogP contribution in [0.15, 0.2) is 16.9 Å². The van der Waals surface area contributed by atoms with Gasteiger partial charge in [0.15, 0.2) is 11.9 Å². The van der Waals surface area contributed by atoms with E-state index in [2.05, 4.69) is 15.2 Å². The fourth-order valence-electron chi connectivity index (χ4n) is 2.40. The van der Waals surface area contributed by atoms with Crippen LogP contribution in [0.3, 0.4) is 0 Å². The standard InChI is InChI=1S/C13H16ClN5O3/c1-8-4-18(12(20)7-19-5-10(14)3-15-19)6-11(21-8)13-16-9(2)17-22-13/h3,5,8,11H,4,6-7H2,1-2H3/t8-,11-/m1/s1. The SMILES string of the molecule is Cc1noc([C@H]2CN(C(=O)Cn3cc(Cl)cn3)C[C@@H](C)O2)n1. The molecule has 8 nitrogen and oxygen atoms in total. The Kier molecular flexibility index (Phi) is 4.12. The molecule has 3 rings (SSSR count). The summed E-state index contributed by atoms with van der Waals surface area (Å²) in [5, 5.41) is 8.28. The van der Waals surface area contributed by atoms with Crippen LogP contribution in [0, 0.1) is 6.92 Å². The Morgan fingerprint density at radius 1 is 1.50 bits per heavy atom. The number of hydrogen-bond donors (Lipinski definition) is 0. The van der Waals surface area contributed by atoms with Crippen LogP contribution >= 0.6 is 11.6 Å². The highest BCUT2D eigenvalue weighted by Gasteiger charge is 2.32. The number of morpholine rings is 1. The molecule has 1 amide bonds. The highest BCUT2D eigenvalue weighted by atomic mass is 35.5. The first-order valence-corrected chi connectivity index (χ1v) is 7.30. The molecule has 1 aliphatic rings. The third kappa shape index (κ3) is 3.28. The molecule has 2 atom stereocenters. The average molecular weight is 326 g/mol. The summed E-state index contributed by atoms with van der Waals surface area (Å²) in [5.74, 6) is 0.876. The van der Waals surface area contributed by atoms with Crippen molar-refractivity contribution in [2.24, 2.45) is 0 Å². The number of aryl methyl sites for hydroxylation is 1. The summed E-state index contributed by atoms with van der Waals surface area (Å²) in [6.07, 6.45) is 2.59. The molecule has 0 saturated carbocycles. The van der Waals surface area contributed by atoms with Crippen molar-refractivity contribution in [1.82, 2.24) is 24.8 Å². The van der Waals surface area contributed by atoms with E-state index < -0.39 is 6.10 Å². The summed E-state index contributed by atoms with van der Waals surface area (Å²) in [6.45, 7) is 4.66. The number of aromatic nitrogens is 4. The van der Waals surface area contributed by atoms with Gasteiger partial charge >= 0.3 is 0 Å². The normalized spacial score (nSPS) is 22.0. The number of rotatable bonds is 3. The van der Waals surface area contributed by atoms with Gasteiger partial charge in [0.2, 0.25) is 5.91 Å². The highest BCUT2D eigenvalue weighted by molar-refractivity contribution is 6.30. The molecule has 2 aromatic rings. The molecular formula is C13H16ClN5O3. The summed E-state index contributed by atoms with van der Waals surface area (Å²) in [4.78, 5) is 18.3. The van der Waals surface area contributed by atoms with Crippen LogP contribution in [-0.2, 0) is 16.1 Å². The lowest BCUT2D eigenvalue weighted by molar-refractivity contribution is -0.147. The van der Waals surface area contributed by atoms with Gasteiger partial charge in [-0.2, -0.15) is 10.1 Å². The van der Waals surface area contributed by atoms with Gasteiger partial charge in [-0.05, 0) is 13.8 Å². The predicted molar refractivity (Wildman–Crippen MR) is 76.1 cm³/mol. The molecule has 2 aromatic heterocycles. The molecule has 1 fully saturated rings. The van der Waals surface area contributed by atoms with Crippen LogP contribution < -0.4 is 0 Å². The summed E-state index contributed by atoms with van der Waals surface area (Å²) >= 11 is 5.80. The maximum atomic E-state index is 12.4. The van der Waals surface area contributed by atoms with Crippen LogP contribution in [0.1, 0.15) is 24.7 Å². The maximum absolute atomic E-state index is 12.4. The van der Waals surface area contributed by atoms with Gasteiger partial charge in [-0.1, -0.05) is 16.8 Å². The minimum absolute atomic E-state index is 0.0591. The summed E-state index contributed by atoms with van der Waals surface area (Å²) in [5.41, 5.74) is 0. The lowest BCUT2D eigenvalue weighted by Crippen LogP contribution is -2.47. The minimum atomic E-state index is -0.407. The van der Waals surface area contributed by atoms with E-state index in [1.165, 1.54) is 10.9 Å². The van der Waals surface area contributed by atoms with Crippen LogP contribution in [0.25, 0.3) is 0 Å². The van der Waals surface area contributed by atoms with E-state index in [-0.39, 0.29) is 18.6 Å². The zero-order chi connectivity index (χ0) is 15.7. The fourth-order valence-corrected chi connectivity index (χ4v) is 2.56. The van der Waals surface area contributed by atoms with Crippen LogP contribution in [0.2, 0.25) is 5.02 Å². The Morgan fingerprint density at radius 3 is 2.95 bits per heavy atom. The molecule has 0 spiro atoms. The second-order valence-corrected chi connectivity index (χ2v) is 5.71. The minimum Gasteiger partial charge on any atom is -0.362 e. The molecule has 3 heterocycles. The first-order chi connectivity index (χ1) is 10.5. The number of hydrogen-bond acceptors (Lipinski definition) is 6. The third-order valence-electron chi connectivity index (χ3n) is 3.33. The molecule has 0 radical (unpaired) electrons. The number of nitrogens with zero attached hydrogens (tertiary/aromatic N) is 5. The van der Waals surface area contributed by atoms with Gasteiger partial charge in [-0.15, -0.1) is 0 Å². The van der Waals surface area contributed by atoms with Gasteiger partial charge in [0.05, 0.1) is 23.9 Å². The highest BCUT2D eigenvalue weighted by Crippen LogP contribution is 2.24. The largest absolute Gasteiger partial charge is 0.362 e. The first-order valence-electron chi connectivity index (χ1n) is 6.92. The molecule has 1 saturated heterocycles.